The predicted molar refractivity (Wildman–Crippen MR) is 110 cm³/mol. The van der Waals surface area contributed by atoms with Gasteiger partial charge in [-0.2, -0.15) is 0 Å². The van der Waals surface area contributed by atoms with Gasteiger partial charge in [0.25, 0.3) is 0 Å². The topological polar surface area (TPSA) is 43.9 Å². The van der Waals surface area contributed by atoms with Crippen molar-refractivity contribution in [3.05, 3.63) is 35.6 Å². The van der Waals surface area contributed by atoms with Crippen LogP contribution in [0.3, 0.4) is 0 Å². The van der Waals surface area contributed by atoms with Crippen molar-refractivity contribution < 1.29 is 14.0 Å². The first-order chi connectivity index (χ1) is 14.1. The second kappa shape index (κ2) is 8.82. The summed E-state index contributed by atoms with van der Waals surface area (Å²) in [6, 6.07) is 6.59. The molecule has 158 valence electrons. The summed E-state index contributed by atoms with van der Waals surface area (Å²) in [5.74, 6) is 0.0849. The van der Waals surface area contributed by atoms with E-state index < -0.39 is 5.41 Å². The quantitative estimate of drug-likeness (QED) is 0.779. The summed E-state index contributed by atoms with van der Waals surface area (Å²) in [6.45, 7) is 4.96. The lowest BCUT2D eigenvalue weighted by molar-refractivity contribution is -0.140. The molecular formula is C23H32FN3O2. The van der Waals surface area contributed by atoms with E-state index >= 15 is 0 Å². The van der Waals surface area contributed by atoms with Gasteiger partial charge in [-0.05, 0) is 49.8 Å². The molecule has 1 aromatic carbocycles. The Morgan fingerprint density at radius 1 is 0.862 bits per heavy atom. The molecule has 4 rings (SSSR count). The lowest BCUT2D eigenvalue weighted by atomic mass is 9.77. The third-order valence-corrected chi connectivity index (χ3v) is 6.97. The van der Waals surface area contributed by atoms with Crippen molar-refractivity contribution in [2.45, 2.75) is 50.4 Å². The molecule has 2 saturated heterocycles. The summed E-state index contributed by atoms with van der Waals surface area (Å²) in [4.78, 5) is 32.1. The summed E-state index contributed by atoms with van der Waals surface area (Å²) >= 11 is 0. The van der Waals surface area contributed by atoms with Gasteiger partial charge in [0, 0.05) is 39.3 Å². The monoisotopic (exact) mass is 401 g/mol. The summed E-state index contributed by atoms with van der Waals surface area (Å²) in [5.41, 5.74) is 0.246. The van der Waals surface area contributed by atoms with Gasteiger partial charge < -0.3 is 9.80 Å². The molecule has 5 nitrogen and oxygen atoms in total. The van der Waals surface area contributed by atoms with Gasteiger partial charge in [-0.1, -0.05) is 25.0 Å². The van der Waals surface area contributed by atoms with Crippen LogP contribution in [0.5, 0.6) is 0 Å². The number of carbonyl (C=O) groups excluding carboxylic acids is 2. The number of rotatable bonds is 4. The Labute approximate surface area is 172 Å². The zero-order chi connectivity index (χ0) is 20.3. The maximum Gasteiger partial charge on any atom is 0.236 e. The second-order valence-electron chi connectivity index (χ2n) is 8.81. The number of piperazine rings is 1. The molecule has 0 radical (unpaired) electrons. The molecule has 2 aliphatic heterocycles. The van der Waals surface area contributed by atoms with Crippen molar-refractivity contribution in [3.63, 3.8) is 0 Å². The van der Waals surface area contributed by atoms with Crippen molar-refractivity contribution in [2.75, 3.05) is 45.8 Å². The molecule has 3 fully saturated rings. The first-order valence-corrected chi connectivity index (χ1v) is 11.1. The van der Waals surface area contributed by atoms with Crippen LogP contribution in [0.4, 0.5) is 4.39 Å². The van der Waals surface area contributed by atoms with Crippen molar-refractivity contribution in [1.82, 2.24) is 14.7 Å². The number of benzene rings is 1. The summed E-state index contributed by atoms with van der Waals surface area (Å²) < 4.78 is 13.9. The lowest BCUT2D eigenvalue weighted by Gasteiger charge is -2.40. The Kier molecular flexibility index (Phi) is 6.18. The highest BCUT2D eigenvalue weighted by Gasteiger charge is 2.45. The zero-order valence-electron chi connectivity index (χ0n) is 17.2. The van der Waals surface area contributed by atoms with E-state index in [0.29, 0.717) is 19.6 Å². The van der Waals surface area contributed by atoms with Crippen LogP contribution in [0.15, 0.2) is 24.3 Å². The second-order valence-corrected chi connectivity index (χ2v) is 8.81. The van der Waals surface area contributed by atoms with Crippen LogP contribution in [0.25, 0.3) is 0 Å². The fourth-order valence-corrected chi connectivity index (χ4v) is 5.24. The molecule has 0 unspecified atom stereocenters. The third kappa shape index (κ3) is 4.32. The highest BCUT2D eigenvalue weighted by molar-refractivity contribution is 5.89. The highest BCUT2D eigenvalue weighted by Crippen LogP contribution is 2.43. The van der Waals surface area contributed by atoms with Gasteiger partial charge in [0.15, 0.2) is 0 Å². The molecule has 0 atom stereocenters. The van der Waals surface area contributed by atoms with E-state index in [-0.39, 0.29) is 17.6 Å². The minimum Gasteiger partial charge on any atom is -0.342 e. The molecule has 1 aromatic rings. The minimum atomic E-state index is -0.576. The molecule has 3 aliphatic rings. The van der Waals surface area contributed by atoms with Crippen LogP contribution in [0.1, 0.15) is 50.5 Å². The number of likely N-dealkylation sites (tertiary alicyclic amines) is 1. The van der Waals surface area contributed by atoms with Gasteiger partial charge in [0.2, 0.25) is 11.8 Å². The first-order valence-electron chi connectivity index (χ1n) is 11.1. The van der Waals surface area contributed by atoms with Gasteiger partial charge in [0.05, 0.1) is 12.0 Å². The SMILES string of the molecule is O=C(CN1CCN(C(=O)C2(c3cccc(F)c3)CCCC2)CC1)N1CCCCC1. The fourth-order valence-electron chi connectivity index (χ4n) is 5.24. The lowest BCUT2D eigenvalue weighted by Crippen LogP contribution is -2.55. The van der Waals surface area contributed by atoms with Gasteiger partial charge in [-0.3, -0.25) is 14.5 Å². The van der Waals surface area contributed by atoms with E-state index in [9.17, 15) is 14.0 Å². The maximum atomic E-state index is 13.9. The van der Waals surface area contributed by atoms with E-state index in [2.05, 4.69) is 4.90 Å². The van der Waals surface area contributed by atoms with Crippen LogP contribution >= 0.6 is 0 Å². The standard InChI is InChI=1S/C23H32FN3O2/c24-20-8-6-7-19(17-20)23(9-2-3-10-23)22(29)27-15-13-25(14-16-27)18-21(28)26-11-4-1-5-12-26/h6-8,17H,1-5,9-16,18H2. The van der Waals surface area contributed by atoms with E-state index in [1.54, 1.807) is 6.07 Å². The Morgan fingerprint density at radius 3 is 2.21 bits per heavy atom. The van der Waals surface area contributed by atoms with E-state index in [1.165, 1.54) is 18.6 Å². The number of halogens is 1. The molecular weight excluding hydrogens is 369 g/mol. The average molecular weight is 402 g/mol. The van der Waals surface area contributed by atoms with Crippen LogP contribution in [-0.2, 0) is 15.0 Å². The number of nitrogens with zero attached hydrogens (tertiary/aromatic N) is 3. The molecule has 0 N–H and O–H groups in total. The first kappa shape index (κ1) is 20.3. The average Bonchev–Trinajstić information content (AvgIpc) is 3.26. The molecule has 1 aliphatic carbocycles. The van der Waals surface area contributed by atoms with Crippen LogP contribution in [0.2, 0.25) is 0 Å². The van der Waals surface area contributed by atoms with E-state index in [1.807, 2.05) is 15.9 Å². The number of piperidine rings is 1. The molecule has 1 saturated carbocycles. The Hall–Kier alpha value is -1.95. The highest BCUT2D eigenvalue weighted by atomic mass is 19.1. The number of carbonyl (C=O) groups is 2. The predicted octanol–water partition coefficient (Wildman–Crippen LogP) is 2.79. The molecule has 2 amide bonds. The largest absolute Gasteiger partial charge is 0.342 e. The van der Waals surface area contributed by atoms with Gasteiger partial charge in [-0.25, -0.2) is 4.39 Å². The Morgan fingerprint density at radius 2 is 1.55 bits per heavy atom. The molecule has 2 heterocycles. The smallest absolute Gasteiger partial charge is 0.236 e. The van der Waals surface area contributed by atoms with E-state index in [4.69, 9.17) is 0 Å². The number of amides is 2. The zero-order valence-corrected chi connectivity index (χ0v) is 17.2. The summed E-state index contributed by atoms with van der Waals surface area (Å²) in [5, 5.41) is 0. The van der Waals surface area contributed by atoms with Gasteiger partial charge >= 0.3 is 0 Å². The molecule has 6 heteroatoms. The molecule has 0 bridgehead atoms. The Balaban J connectivity index is 1.37. The summed E-state index contributed by atoms with van der Waals surface area (Å²) in [6.07, 6.45) is 7.04. The number of hydrogen-bond acceptors (Lipinski definition) is 3. The van der Waals surface area contributed by atoms with Crippen molar-refractivity contribution in [2.24, 2.45) is 0 Å². The van der Waals surface area contributed by atoms with Crippen molar-refractivity contribution >= 4 is 11.8 Å². The van der Waals surface area contributed by atoms with Crippen LogP contribution < -0.4 is 0 Å². The number of hydrogen-bond donors (Lipinski definition) is 0. The van der Waals surface area contributed by atoms with E-state index in [0.717, 1.165) is 70.3 Å². The summed E-state index contributed by atoms with van der Waals surface area (Å²) in [7, 11) is 0. The normalized spacial score (nSPS) is 22.7. The van der Waals surface area contributed by atoms with Crippen molar-refractivity contribution in [3.8, 4) is 0 Å². The Bertz CT molecular complexity index is 733. The van der Waals surface area contributed by atoms with Gasteiger partial charge in [-0.15, -0.1) is 0 Å². The molecule has 29 heavy (non-hydrogen) atoms. The van der Waals surface area contributed by atoms with Crippen molar-refractivity contribution in [1.29, 1.82) is 0 Å². The van der Waals surface area contributed by atoms with Crippen LogP contribution in [0, 0.1) is 5.82 Å². The third-order valence-electron chi connectivity index (χ3n) is 6.97. The van der Waals surface area contributed by atoms with Crippen LogP contribution in [-0.4, -0.2) is 72.3 Å². The molecule has 0 aromatic heterocycles. The fraction of sp³-hybridized carbons (Fsp3) is 0.652. The maximum absolute atomic E-state index is 13.9. The van der Waals surface area contributed by atoms with Gasteiger partial charge in [0.1, 0.15) is 5.82 Å². The molecule has 0 spiro atoms. The minimum absolute atomic E-state index is 0.141.